The molecule has 0 spiro atoms. The molecule has 1 saturated heterocycles. The minimum atomic E-state index is -0.996. The van der Waals surface area contributed by atoms with Crippen molar-refractivity contribution in [1.29, 1.82) is 0 Å². The molecule has 1 fully saturated rings. The second kappa shape index (κ2) is 5.22. The topological polar surface area (TPSA) is 98.9 Å². The summed E-state index contributed by atoms with van der Waals surface area (Å²) in [4.78, 5) is 35.6. The number of amides is 1. The number of fused-ring (bicyclic) bond motifs is 1. The third-order valence-electron chi connectivity index (χ3n) is 2.70. The Morgan fingerprint density at radius 2 is 2.21 bits per heavy atom. The Hall–Kier alpha value is -1.54. The highest BCUT2D eigenvalue weighted by molar-refractivity contribution is 8.00. The lowest BCUT2D eigenvalue weighted by atomic mass is 10.1. The Bertz CT molecular complexity index is 464. The zero-order valence-electron chi connectivity index (χ0n) is 10.5. The summed E-state index contributed by atoms with van der Waals surface area (Å²) in [7, 11) is 0. The monoisotopic (exact) mass is 286 g/mol. The summed E-state index contributed by atoms with van der Waals surface area (Å²) in [6, 6.07) is -0.576. The number of nitrogens with two attached hydrogens (primary N) is 1. The molecule has 1 unspecified atom stereocenters. The summed E-state index contributed by atoms with van der Waals surface area (Å²) >= 11 is 1.49. The van der Waals surface area contributed by atoms with E-state index in [-0.39, 0.29) is 17.0 Å². The summed E-state index contributed by atoms with van der Waals surface area (Å²) in [5.74, 6) is -0.970. The average molecular weight is 286 g/mol. The van der Waals surface area contributed by atoms with E-state index in [1.54, 1.807) is 6.08 Å². The molecule has 7 nitrogen and oxygen atoms in total. The fourth-order valence-electron chi connectivity index (χ4n) is 1.90. The lowest BCUT2D eigenvalue weighted by molar-refractivity contribution is -0.182. The molecule has 0 aromatic carbocycles. The number of ether oxygens (including phenoxy) is 2. The Kier molecular flexibility index (Phi) is 3.81. The van der Waals surface area contributed by atoms with Crippen LogP contribution in [0.3, 0.4) is 0 Å². The van der Waals surface area contributed by atoms with E-state index in [0.717, 1.165) is 0 Å². The normalized spacial score (nSPS) is 26.8. The predicted octanol–water partition coefficient (Wildman–Crippen LogP) is -0.435. The highest BCUT2D eigenvalue weighted by atomic mass is 32.2. The van der Waals surface area contributed by atoms with Crippen LogP contribution in [0.5, 0.6) is 0 Å². The van der Waals surface area contributed by atoms with E-state index in [0.29, 0.717) is 5.75 Å². The largest absolute Gasteiger partial charge is 0.426 e. The van der Waals surface area contributed by atoms with Crippen LogP contribution in [-0.4, -0.2) is 46.2 Å². The number of hydrogen-bond acceptors (Lipinski definition) is 7. The van der Waals surface area contributed by atoms with Crippen LogP contribution in [0.15, 0.2) is 11.8 Å². The van der Waals surface area contributed by atoms with Crippen molar-refractivity contribution in [3.63, 3.8) is 0 Å². The number of β-lactam (4-membered cyclic amide) rings is 1. The van der Waals surface area contributed by atoms with Crippen molar-refractivity contribution in [3.05, 3.63) is 11.8 Å². The number of thioether (sulfide) groups is 1. The maximum absolute atomic E-state index is 11.9. The number of rotatable bonds is 3. The number of hydrogen-bond donors (Lipinski definition) is 1. The van der Waals surface area contributed by atoms with E-state index in [1.807, 2.05) is 0 Å². The molecule has 0 radical (unpaired) electrons. The summed E-state index contributed by atoms with van der Waals surface area (Å²) in [6.07, 6.45) is 0.609. The van der Waals surface area contributed by atoms with Gasteiger partial charge in [-0.15, -0.1) is 11.8 Å². The molecule has 2 aliphatic rings. The Labute approximate surface area is 114 Å². The molecule has 3 atom stereocenters. The van der Waals surface area contributed by atoms with Gasteiger partial charge in [0.25, 0.3) is 0 Å². The SMILES string of the molecule is CC(=O)OC(C)OC(=O)C1=CCS[C@@H]2[C@H](N)C(=O)N12. The minimum absolute atomic E-state index is 0.162. The molecule has 0 aromatic rings. The van der Waals surface area contributed by atoms with Gasteiger partial charge in [-0.3, -0.25) is 14.5 Å². The molecule has 0 aromatic heterocycles. The smallest absolute Gasteiger partial charge is 0.357 e. The van der Waals surface area contributed by atoms with Gasteiger partial charge >= 0.3 is 11.9 Å². The molecule has 2 rings (SSSR count). The predicted molar refractivity (Wildman–Crippen MR) is 66.5 cm³/mol. The fourth-order valence-corrected chi connectivity index (χ4v) is 3.04. The molecule has 0 bridgehead atoms. The standard InChI is InChI=1S/C11H14N2O5S/c1-5(14)17-6(2)18-11(16)7-3-4-19-10-8(12)9(15)13(7)10/h3,6,8,10H,4,12H2,1-2H3/t6?,8-,10-/m1/s1. The third kappa shape index (κ3) is 2.59. The van der Waals surface area contributed by atoms with Gasteiger partial charge in [-0.05, 0) is 6.08 Å². The van der Waals surface area contributed by atoms with E-state index in [2.05, 4.69) is 0 Å². The van der Waals surface area contributed by atoms with Crippen LogP contribution in [0.1, 0.15) is 13.8 Å². The van der Waals surface area contributed by atoms with Gasteiger partial charge in [-0.1, -0.05) is 0 Å². The second-order valence-corrected chi connectivity index (χ2v) is 5.28. The zero-order valence-corrected chi connectivity index (χ0v) is 11.3. The van der Waals surface area contributed by atoms with Crippen molar-refractivity contribution in [3.8, 4) is 0 Å². The van der Waals surface area contributed by atoms with E-state index in [9.17, 15) is 14.4 Å². The maximum atomic E-state index is 11.9. The Balaban J connectivity index is 2.01. The van der Waals surface area contributed by atoms with E-state index < -0.39 is 24.3 Å². The maximum Gasteiger partial charge on any atom is 0.357 e. The molecule has 1 amide bonds. The lowest BCUT2D eigenvalue weighted by Crippen LogP contribution is -2.68. The molecule has 2 N–H and O–H groups in total. The third-order valence-corrected chi connectivity index (χ3v) is 3.91. The van der Waals surface area contributed by atoms with E-state index >= 15 is 0 Å². The van der Waals surface area contributed by atoms with Crippen molar-refractivity contribution >= 4 is 29.6 Å². The molecule has 2 aliphatic heterocycles. The first kappa shape index (κ1) is 13.9. The molecule has 104 valence electrons. The molecule has 2 heterocycles. The highest BCUT2D eigenvalue weighted by Gasteiger charge is 2.50. The average Bonchev–Trinajstić information content (AvgIpc) is 2.35. The lowest BCUT2D eigenvalue weighted by Gasteiger charge is -2.46. The van der Waals surface area contributed by atoms with Crippen molar-refractivity contribution < 1.29 is 23.9 Å². The van der Waals surface area contributed by atoms with Gasteiger partial charge in [0, 0.05) is 19.6 Å². The van der Waals surface area contributed by atoms with Gasteiger partial charge in [0.1, 0.15) is 17.1 Å². The van der Waals surface area contributed by atoms with E-state index in [4.69, 9.17) is 15.2 Å². The van der Waals surface area contributed by atoms with E-state index in [1.165, 1.54) is 30.5 Å². The van der Waals surface area contributed by atoms with Gasteiger partial charge in [-0.2, -0.15) is 0 Å². The molecule has 0 aliphatic carbocycles. The summed E-state index contributed by atoms with van der Waals surface area (Å²) in [5, 5.41) is -0.218. The van der Waals surface area contributed by atoms with Gasteiger partial charge in [0.05, 0.1) is 0 Å². The second-order valence-electron chi connectivity index (χ2n) is 4.13. The van der Waals surface area contributed by atoms with Crippen LogP contribution in [0, 0.1) is 0 Å². The molecule has 19 heavy (non-hydrogen) atoms. The van der Waals surface area contributed by atoms with Gasteiger partial charge in [-0.25, -0.2) is 4.79 Å². The molecule has 8 heteroatoms. The quantitative estimate of drug-likeness (QED) is 0.427. The molecular weight excluding hydrogens is 272 g/mol. The van der Waals surface area contributed by atoms with Crippen LogP contribution >= 0.6 is 11.8 Å². The molecule has 0 saturated carbocycles. The molecular formula is C11H14N2O5S. The summed E-state index contributed by atoms with van der Waals surface area (Å²) < 4.78 is 9.64. The Morgan fingerprint density at radius 3 is 2.84 bits per heavy atom. The summed E-state index contributed by atoms with van der Waals surface area (Å²) in [5.41, 5.74) is 5.81. The first-order valence-corrected chi connectivity index (χ1v) is 6.75. The van der Waals surface area contributed by atoms with Crippen LogP contribution in [0.4, 0.5) is 0 Å². The number of carbonyl (C=O) groups is 3. The van der Waals surface area contributed by atoms with Crippen LogP contribution in [0.2, 0.25) is 0 Å². The van der Waals surface area contributed by atoms with Crippen molar-refractivity contribution in [2.75, 3.05) is 5.75 Å². The zero-order chi connectivity index (χ0) is 14.2. The highest BCUT2D eigenvalue weighted by Crippen LogP contribution is 2.36. The fraction of sp³-hybridized carbons (Fsp3) is 0.545. The van der Waals surface area contributed by atoms with Crippen LogP contribution in [-0.2, 0) is 23.9 Å². The minimum Gasteiger partial charge on any atom is -0.426 e. The van der Waals surface area contributed by atoms with Gasteiger partial charge < -0.3 is 15.2 Å². The van der Waals surface area contributed by atoms with Crippen molar-refractivity contribution in [1.82, 2.24) is 4.90 Å². The number of carbonyl (C=O) groups excluding carboxylic acids is 3. The first-order chi connectivity index (χ1) is 8.91. The van der Waals surface area contributed by atoms with Crippen molar-refractivity contribution in [2.45, 2.75) is 31.6 Å². The van der Waals surface area contributed by atoms with Crippen LogP contribution < -0.4 is 5.73 Å². The van der Waals surface area contributed by atoms with Crippen LogP contribution in [0.25, 0.3) is 0 Å². The summed E-state index contributed by atoms with van der Waals surface area (Å²) in [6.45, 7) is 2.65. The number of esters is 2. The number of nitrogens with zero attached hydrogens (tertiary/aromatic N) is 1. The first-order valence-electron chi connectivity index (χ1n) is 5.70. The van der Waals surface area contributed by atoms with Gasteiger partial charge in [0.15, 0.2) is 0 Å². The Morgan fingerprint density at radius 1 is 1.53 bits per heavy atom. The van der Waals surface area contributed by atoms with Crippen molar-refractivity contribution in [2.24, 2.45) is 5.73 Å². The van der Waals surface area contributed by atoms with Gasteiger partial charge in [0.2, 0.25) is 12.2 Å².